The number of nitrogens with one attached hydrogen (secondary N) is 1. The van der Waals surface area contributed by atoms with Crippen LogP contribution < -0.4 is 10.5 Å². The molecule has 1 saturated heterocycles. The zero-order chi connectivity index (χ0) is 11.3. The molecule has 0 saturated carbocycles. The van der Waals surface area contributed by atoms with Crippen molar-refractivity contribution in [3.05, 3.63) is 0 Å². The van der Waals surface area contributed by atoms with E-state index in [0.717, 1.165) is 12.8 Å². The van der Waals surface area contributed by atoms with Crippen molar-refractivity contribution >= 4 is 10.0 Å². The van der Waals surface area contributed by atoms with Gasteiger partial charge in [0.1, 0.15) is 0 Å². The van der Waals surface area contributed by atoms with Crippen molar-refractivity contribution in [2.45, 2.75) is 38.3 Å². The van der Waals surface area contributed by atoms with E-state index in [1.165, 1.54) is 0 Å². The SMILES string of the molecule is CC(N)CCNS(=O)(=O)CC1CCCO1. The van der Waals surface area contributed by atoms with Crippen LogP contribution in [0.15, 0.2) is 0 Å². The van der Waals surface area contributed by atoms with E-state index in [2.05, 4.69) is 4.72 Å². The predicted octanol–water partition coefficient (Wildman–Crippen LogP) is -0.178. The molecule has 2 atom stereocenters. The third kappa shape index (κ3) is 5.46. The highest BCUT2D eigenvalue weighted by atomic mass is 32.2. The minimum absolute atomic E-state index is 0.0235. The van der Waals surface area contributed by atoms with Gasteiger partial charge in [-0.2, -0.15) is 0 Å². The fourth-order valence-corrected chi connectivity index (χ4v) is 2.82. The quantitative estimate of drug-likeness (QED) is 0.670. The summed E-state index contributed by atoms with van der Waals surface area (Å²) in [6.45, 7) is 2.95. The van der Waals surface area contributed by atoms with Crippen molar-refractivity contribution in [1.82, 2.24) is 4.72 Å². The van der Waals surface area contributed by atoms with Gasteiger partial charge in [0.05, 0.1) is 11.9 Å². The molecule has 0 bridgehead atoms. The zero-order valence-corrected chi connectivity index (χ0v) is 9.92. The normalized spacial score (nSPS) is 24.3. The first-order valence-corrected chi connectivity index (χ1v) is 6.99. The smallest absolute Gasteiger partial charge is 0.214 e. The first-order chi connectivity index (χ1) is 6.99. The van der Waals surface area contributed by atoms with Gasteiger partial charge in [0.15, 0.2) is 0 Å². The van der Waals surface area contributed by atoms with Gasteiger partial charge in [0.25, 0.3) is 0 Å². The average molecular weight is 236 g/mol. The van der Waals surface area contributed by atoms with Gasteiger partial charge in [-0.25, -0.2) is 13.1 Å². The van der Waals surface area contributed by atoms with E-state index in [-0.39, 0.29) is 17.9 Å². The van der Waals surface area contributed by atoms with Crippen LogP contribution >= 0.6 is 0 Å². The average Bonchev–Trinajstić information content (AvgIpc) is 2.54. The lowest BCUT2D eigenvalue weighted by atomic mass is 10.3. The Labute approximate surface area is 91.4 Å². The maximum atomic E-state index is 11.5. The van der Waals surface area contributed by atoms with Gasteiger partial charge in [-0.3, -0.25) is 0 Å². The first kappa shape index (κ1) is 12.9. The van der Waals surface area contributed by atoms with Crippen LogP contribution in [0.4, 0.5) is 0 Å². The second-order valence-corrected chi connectivity index (χ2v) is 5.93. The Bertz CT molecular complexity index is 271. The molecule has 1 fully saturated rings. The third-order valence-corrected chi connectivity index (χ3v) is 3.81. The van der Waals surface area contributed by atoms with Crippen LogP contribution in [0.25, 0.3) is 0 Å². The van der Waals surface area contributed by atoms with Crippen LogP contribution in [-0.4, -0.2) is 39.5 Å². The first-order valence-electron chi connectivity index (χ1n) is 5.34. The second kappa shape index (κ2) is 5.79. The van der Waals surface area contributed by atoms with E-state index in [1.807, 2.05) is 6.92 Å². The molecule has 90 valence electrons. The Morgan fingerprint density at radius 3 is 2.87 bits per heavy atom. The fraction of sp³-hybridized carbons (Fsp3) is 1.00. The lowest BCUT2D eigenvalue weighted by Gasteiger charge is -2.11. The van der Waals surface area contributed by atoms with E-state index in [9.17, 15) is 8.42 Å². The van der Waals surface area contributed by atoms with Gasteiger partial charge in [-0.15, -0.1) is 0 Å². The molecule has 2 unspecified atom stereocenters. The largest absolute Gasteiger partial charge is 0.377 e. The fourth-order valence-electron chi connectivity index (χ4n) is 1.52. The van der Waals surface area contributed by atoms with Crippen LogP contribution in [0, 0.1) is 0 Å². The Kier molecular flexibility index (Phi) is 4.98. The molecule has 1 aliphatic rings. The molecular formula is C9H20N2O3S. The number of nitrogens with two attached hydrogens (primary N) is 1. The summed E-state index contributed by atoms with van der Waals surface area (Å²) >= 11 is 0. The van der Waals surface area contributed by atoms with E-state index in [4.69, 9.17) is 10.5 Å². The molecule has 0 aromatic carbocycles. The molecule has 15 heavy (non-hydrogen) atoms. The summed E-state index contributed by atoms with van der Waals surface area (Å²) in [5, 5.41) is 0. The van der Waals surface area contributed by atoms with Gasteiger partial charge in [0.2, 0.25) is 10.0 Å². The van der Waals surface area contributed by atoms with Crippen LogP contribution in [0.5, 0.6) is 0 Å². The molecule has 0 radical (unpaired) electrons. The summed E-state index contributed by atoms with van der Waals surface area (Å²) < 4.78 is 30.9. The Morgan fingerprint density at radius 1 is 1.60 bits per heavy atom. The topological polar surface area (TPSA) is 81.4 Å². The van der Waals surface area contributed by atoms with Crippen LogP contribution in [0.2, 0.25) is 0 Å². The lowest BCUT2D eigenvalue weighted by Crippen LogP contribution is -2.34. The number of hydrogen-bond acceptors (Lipinski definition) is 4. The summed E-state index contributed by atoms with van der Waals surface area (Å²) in [6, 6.07) is 0.0235. The van der Waals surface area contributed by atoms with E-state index in [0.29, 0.717) is 19.6 Å². The number of hydrogen-bond donors (Lipinski definition) is 2. The molecule has 1 heterocycles. The maximum Gasteiger partial charge on any atom is 0.214 e. The monoisotopic (exact) mass is 236 g/mol. The van der Waals surface area contributed by atoms with Crippen molar-refractivity contribution < 1.29 is 13.2 Å². The van der Waals surface area contributed by atoms with Crippen molar-refractivity contribution in [2.24, 2.45) is 5.73 Å². The van der Waals surface area contributed by atoms with Crippen LogP contribution in [0.1, 0.15) is 26.2 Å². The summed E-state index contributed by atoms with van der Waals surface area (Å²) in [7, 11) is -3.19. The second-order valence-electron chi connectivity index (χ2n) is 4.08. The third-order valence-electron chi connectivity index (χ3n) is 2.35. The molecular weight excluding hydrogens is 216 g/mol. The molecule has 0 amide bonds. The Hall–Kier alpha value is -0.170. The summed E-state index contributed by atoms with van der Waals surface area (Å²) in [5.74, 6) is 0.0753. The highest BCUT2D eigenvalue weighted by Crippen LogP contribution is 2.13. The van der Waals surface area contributed by atoms with Gasteiger partial charge < -0.3 is 10.5 Å². The highest BCUT2D eigenvalue weighted by molar-refractivity contribution is 7.89. The van der Waals surface area contributed by atoms with E-state index < -0.39 is 10.0 Å². The van der Waals surface area contributed by atoms with Crippen LogP contribution in [-0.2, 0) is 14.8 Å². The van der Waals surface area contributed by atoms with Crippen molar-refractivity contribution in [3.63, 3.8) is 0 Å². The number of sulfonamides is 1. The minimum Gasteiger partial charge on any atom is -0.377 e. The molecule has 3 N–H and O–H groups in total. The highest BCUT2D eigenvalue weighted by Gasteiger charge is 2.22. The minimum atomic E-state index is -3.19. The molecule has 0 spiro atoms. The molecule has 1 rings (SSSR count). The standard InChI is InChI=1S/C9H20N2O3S/c1-8(10)4-5-11-15(12,13)7-9-3-2-6-14-9/h8-9,11H,2-7,10H2,1H3. The number of rotatable bonds is 6. The van der Waals surface area contributed by atoms with Crippen molar-refractivity contribution in [1.29, 1.82) is 0 Å². The summed E-state index contributed by atoms with van der Waals surface area (Å²) in [4.78, 5) is 0. The van der Waals surface area contributed by atoms with Crippen molar-refractivity contribution in [3.8, 4) is 0 Å². The van der Waals surface area contributed by atoms with E-state index in [1.54, 1.807) is 0 Å². The maximum absolute atomic E-state index is 11.5. The number of ether oxygens (including phenoxy) is 1. The predicted molar refractivity (Wildman–Crippen MR) is 59.0 cm³/mol. The summed E-state index contributed by atoms with van der Waals surface area (Å²) in [6.07, 6.45) is 2.33. The van der Waals surface area contributed by atoms with Gasteiger partial charge in [-0.05, 0) is 26.2 Å². The Morgan fingerprint density at radius 2 is 2.33 bits per heavy atom. The zero-order valence-electron chi connectivity index (χ0n) is 9.11. The van der Waals surface area contributed by atoms with Crippen LogP contribution in [0.3, 0.4) is 0 Å². The molecule has 6 heteroatoms. The van der Waals surface area contributed by atoms with E-state index >= 15 is 0 Å². The van der Waals surface area contributed by atoms with Gasteiger partial charge in [-0.1, -0.05) is 0 Å². The van der Waals surface area contributed by atoms with Gasteiger partial charge >= 0.3 is 0 Å². The lowest BCUT2D eigenvalue weighted by molar-refractivity contribution is 0.127. The molecule has 0 aromatic rings. The van der Waals surface area contributed by atoms with Gasteiger partial charge in [0, 0.05) is 19.2 Å². The Balaban J connectivity index is 2.25. The molecule has 0 aromatic heterocycles. The summed E-state index contributed by atoms with van der Waals surface area (Å²) in [5.41, 5.74) is 5.53. The molecule has 0 aliphatic carbocycles. The molecule has 5 nitrogen and oxygen atoms in total. The molecule has 1 aliphatic heterocycles. The van der Waals surface area contributed by atoms with Crippen molar-refractivity contribution in [2.75, 3.05) is 18.9 Å².